The number of hydrogen-bond acceptors (Lipinski definition) is 3. The summed E-state index contributed by atoms with van der Waals surface area (Å²) in [6, 6.07) is 13.5. The normalized spacial score (nSPS) is 19.0. The molecule has 4 rings (SSSR count). The molecule has 1 aromatic heterocycles. The molecule has 1 saturated heterocycles. The maximum atomic E-state index is 14.3. The highest BCUT2D eigenvalue weighted by Gasteiger charge is 2.34. The molecule has 28 heavy (non-hydrogen) atoms. The Hall–Kier alpha value is -3.19. The average Bonchev–Trinajstić information content (AvgIpc) is 3.23. The molecule has 1 fully saturated rings. The van der Waals surface area contributed by atoms with Crippen molar-refractivity contribution in [3.8, 4) is 11.3 Å². The van der Waals surface area contributed by atoms with Gasteiger partial charge in [-0.1, -0.05) is 42.5 Å². The molecule has 2 atom stereocenters. The van der Waals surface area contributed by atoms with Crippen LogP contribution in [0, 0.1) is 5.82 Å². The zero-order chi connectivity index (χ0) is 19.7. The van der Waals surface area contributed by atoms with Gasteiger partial charge in [-0.2, -0.15) is 0 Å². The number of aliphatic hydroxyl groups excluding tert-OH is 1. The molecule has 4 N–H and O–H groups in total. The number of carbonyl (C=O) groups excluding carboxylic acids is 2. The second kappa shape index (κ2) is 7.44. The Morgan fingerprint density at radius 2 is 1.96 bits per heavy atom. The number of hydrogen-bond donors (Lipinski definition) is 4. The average molecular weight is 381 g/mol. The van der Waals surface area contributed by atoms with Gasteiger partial charge < -0.3 is 20.7 Å². The summed E-state index contributed by atoms with van der Waals surface area (Å²) in [7, 11) is 0. The number of benzene rings is 2. The van der Waals surface area contributed by atoms with Crippen LogP contribution < -0.4 is 10.6 Å². The molecule has 144 valence electrons. The van der Waals surface area contributed by atoms with E-state index in [2.05, 4.69) is 15.6 Å². The van der Waals surface area contributed by atoms with Gasteiger partial charge in [0.05, 0.1) is 5.52 Å². The van der Waals surface area contributed by atoms with E-state index in [-0.39, 0.29) is 30.6 Å². The molecule has 0 spiro atoms. The zero-order valence-corrected chi connectivity index (χ0v) is 15.0. The van der Waals surface area contributed by atoms with E-state index in [1.165, 1.54) is 6.07 Å². The number of H-pyrrole nitrogens is 1. The van der Waals surface area contributed by atoms with Crippen LogP contribution in [0.15, 0.2) is 48.5 Å². The first-order valence-corrected chi connectivity index (χ1v) is 9.14. The SMILES string of the molecule is O=C(CCc1c(-c2ccccc2)[nH]c2c(F)cccc12)N[C@@H]1C(=O)NC[C@H]1O. The quantitative estimate of drug-likeness (QED) is 0.544. The van der Waals surface area contributed by atoms with Gasteiger partial charge in [0.15, 0.2) is 0 Å². The second-order valence-electron chi connectivity index (χ2n) is 6.86. The topological polar surface area (TPSA) is 94.2 Å². The number of aromatic amines is 1. The second-order valence-corrected chi connectivity index (χ2v) is 6.86. The molecule has 2 aromatic carbocycles. The number of halogens is 1. The summed E-state index contributed by atoms with van der Waals surface area (Å²) in [5.74, 6) is -1.08. The number of amides is 2. The van der Waals surface area contributed by atoms with Gasteiger partial charge in [0.25, 0.3) is 0 Å². The third kappa shape index (κ3) is 3.36. The molecule has 0 radical (unpaired) electrons. The number of β-amino-alcohol motifs (C(OH)–C–C–N with tert-alkyl or cyclic N) is 1. The number of aliphatic hydroxyl groups is 1. The van der Waals surface area contributed by atoms with Gasteiger partial charge in [0, 0.05) is 24.0 Å². The largest absolute Gasteiger partial charge is 0.389 e. The van der Waals surface area contributed by atoms with Gasteiger partial charge >= 0.3 is 0 Å². The van der Waals surface area contributed by atoms with Crippen molar-refractivity contribution < 1.29 is 19.1 Å². The first-order valence-electron chi connectivity index (χ1n) is 9.14. The molecule has 6 nitrogen and oxygen atoms in total. The van der Waals surface area contributed by atoms with Crippen molar-refractivity contribution in [1.29, 1.82) is 0 Å². The summed E-state index contributed by atoms with van der Waals surface area (Å²) in [6.07, 6.45) is -0.456. The van der Waals surface area contributed by atoms with Crippen molar-refractivity contribution in [3.63, 3.8) is 0 Å². The first-order chi connectivity index (χ1) is 13.5. The maximum absolute atomic E-state index is 14.3. The van der Waals surface area contributed by atoms with E-state index in [9.17, 15) is 19.1 Å². The van der Waals surface area contributed by atoms with Gasteiger partial charge in [0.1, 0.15) is 18.0 Å². The standard InChI is InChI=1S/C21H20FN3O3/c22-15-8-4-7-13-14(18(25-19(13)15)12-5-2-1-3-6-12)9-10-17(27)24-20-16(26)11-23-21(20)28/h1-8,16,20,25-26H,9-11H2,(H,23,28)(H,24,27)/t16-,20+/m1/s1. The van der Waals surface area contributed by atoms with Crippen LogP contribution >= 0.6 is 0 Å². The Morgan fingerprint density at radius 3 is 2.68 bits per heavy atom. The fourth-order valence-electron chi connectivity index (χ4n) is 3.60. The molecule has 2 heterocycles. The predicted molar refractivity (Wildman–Crippen MR) is 103 cm³/mol. The summed E-state index contributed by atoms with van der Waals surface area (Å²) in [5, 5.41) is 15.6. The number of nitrogens with one attached hydrogen (secondary N) is 3. The van der Waals surface area contributed by atoms with E-state index in [4.69, 9.17) is 0 Å². The molecule has 1 aliphatic rings. The molecule has 2 amide bonds. The lowest BCUT2D eigenvalue weighted by molar-refractivity contribution is -0.128. The highest BCUT2D eigenvalue weighted by Crippen LogP contribution is 2.32. The van der Waals surface area contributed by atoms with Gasteiger partial charge in [-0.15, -0.1) is 0 Å². The highest BCUT2D eigenvalue weighted by atomic mass is 19.1. The van der Waals surface area contributed by atoms with Gasteiger partial charge in [-0.3, -0.25) is 9.59 Å². The van der Waals surface area contributed by atoms with Crippen LogP contribution in [0.25, 0.3) is 22.2 Å². The van der Waals surface area contributed by atoms with Crippen molar-refractivity contribution in [2.45, 2.75) is 25.0 Å². The number of rotatable bonds is 5. The molecule has 0 unspecified atom stereocenters. The molecular formula is C21H20FN3O3. The number of fused-ring (bicyclic) bond motifs is 1. The Balaban J connectivity index is 1.60. The molecule has 1 aliphatic heterocycles. The molecule has 0 saturated carbocycles. The monoisotopic (exact) mass is 381 g/mol. The van der Waals surface area contributed by atoms with E-state index >= 15 is 0 Å². The first kappa shape index (κ1) is 18.2. The summed E-state index contributed by atoms with van der Waals surface area (Å²) in [4.78, 5) is 27.2. The molecule has 0 aliphatic carbocycles. The van der Waals surface area contributed by atoms with Crippen molar-refractivity contribution in [2.24, 2.45) is 0 Å². The summed E-state index contributed by atoms with van der Waals surface area (Å²) in [5.41, 5.74) is 2.92. The lowest BCUT2D eigenvalue weighted by Crippen LogP contribution is -2.45. The van der Waals surface area contributed by atoms with Crippen molar-refractivity contribution in [3.05, 3.63) is 59.9 Å². The van der Waals surface area contributed by atoms with Gasteiger partial charge in [-0.25, -0.2) is 4.39 Å². The Morgan fingerprint density at radius 1 is 1.18 bits per heavy atom. The van der Waals surface area contributed by atoms with E-state index in [0.717, 1.165) is 22.2 Å². The van der Waals surface area contributed by atoms with Crippen LogP contribution in [-0.2, 0) is 16.0 Å². The van der Waals surface area contributed by atoms with Gasteiger partial charge in [-0.05, 0) is 23.6 Å². The predicted octanol–water partition coefficient (Wildman–Crippen LogP) is 1.88. The summed E-state index contributed by atoms with van der Waals surface area (Å²) >= 11 is 0. The minimum absolute atomic E-state index is 0.111. The fourth-order valence-corrected chi connectivity index (χ4v) is 3.60. The molecule has 0 bridgehead atoms. The molecular weight excluding hydrogens is 361 g/mol. The van der Waals surface area contributed by atoms with Gasteiger partial charge in [0.2, 0.25) is 11.8 Å². The van der Waals surface area contributed by atoms with Crippen LogP contribution in [0.3, 0.4) is 0 Å². The van der Waals surface area contributed by atoms with E-state index in [1.54, 1.807) is 6.07 Å². The van der Waals surface area contributed by atoms with E-state index in [1.807, 2.05) is 36.4 Å². The fraction of sp³-hybridized carbons (Fsp3) is 0.238. The smallest absolute Gasteiger partial charge is 0.245 e. The molecule has 7 heteroatoms. The number of para-hydroxylation sites is 1. The van der Waals surface area contributed by atoms with Crippen LogP contribution in [0.5, 0.6) is 0 Å². The lowest BCUT2D eigenvalue weighted by Gasteiger charge is -2.13. The van der Waals surface area contributed by atoms with Crippen molar-refractivity contribution in [2.75, 3.05) is 6.54 Å². The van der Waals surface area contributed by atoms with E-state index in [0.29, 0.717) is 11.9 Å². The summed E-state index contributed by atoms with van der Waals surface area (Å²) < 4.78 is 14.3. The van der Waals surface area contributed by atoms with Crippen LogP contribution in [0.2, 0.25) is 0 Å². The third-order valence-corrected chi connectivity index (χ3v) is 5.02. The van der Waals surface area contributed by atoms with Crippen molar-refractivity contribution in [1.82, 2.24) is 15.6 Å². The highest BCUT2D eigenvalue weighted by molar-refractivity contribution is 5.93. The Labute approximate surface area is 160 Å². The minimum atomic E-state index is -0.932. The van der Waals surface area contributed by atoms with Crippen LogP contribution in [-0.4, -0.2) is 40.6 Å². The van der Waals surface area contributed by atoms with E-state index < -0.39 is 12.1 Å². The van der Waals surface area contributed by atoms with Crippen LogP contribution in [0.1, 0.15) is 12.0 Å². The Kier molecular flexibility index (Phi) is 4.83. The zero-order valence-electron chi connectivity index (χ0n) is 15.0. The number of carbonyl (C=O) groups is 2. The Bertz CT molecular complexity index is 1030. The minimum Gasteiger partial charge on any atom is -0.389 e. The molecule has 3 aromatic rings. The number of aromatic nitrogens is 1. The summed E-state index contributed by atoms with van der Waals surface area (Å²) in [6.45, 7) is 0.129. The third-order valence-electron chi connectivity index (χ3n) is 5.02. The maximum Gasteiger partial charge on any atom is 0.245 e. The lowest BCUT2D eigenvalue weighted by atomic mass is 10.0. The van der Waals surface area contributed by atoms with Crippen LogP contribution in [0.4, 0.5) is 4.39 Å². The number of aryl methyl sites for hydroxylation is 1. The van der Waals surface area contributed by atoms with Crippen molar-refractivity contribution >= 4 is 22.7 Å².